The Morgan fingerprint density at radius 3 is 2.39 bits per heavy atom. The standard InChI is InChI=1S/C25H27FN2O3/c1-5-31-25(30)21-15-23(19-9-6-16(2)7-10-19)28(18(21)4)13-12-24(29)27-20-11-8-17(3)22(26)14-20/h6-11,14-15H,5,12-13H2,1-4H3,(H,27,29). The number of rotatable bonds is 7. The smallest absolute Gasteiger partial charge is 0.339 e. The Bertz CT molecular complexity index is 1100. The normalized spacial score (nSPS) is 10.7. The number of anilines is 1. The molecule has 1 heterocycles. The minimum absolute atomic E-state index is 0.173. The lowest BCUT2D eigenvalue weighted by atomic mass is 10.1. The first-order valence-electron chi connectivity index (χ1n) is 10.3. The Labute approximate surface area is 181 Å². The van der Waals surface area contributed by atoms with Gasteiger partial charge >= 0.3 is 5.97 Å². The second-order valence-corrected chi connectivity index (χ2v) is 7.53. The van der Waals surface area contributed by atoms with Crippen molar-refractivity contribution in [3.8, 4) is 11.3 Å². The van der Waals surface area contributed by atoms with E-state index in [1.165, 1.54) is 6.07 Å². The highest BCUT2D eigenvalue weighted by atomic mass is 19.1. The molecule has 2 aromatic carbocycles. The van der Waals surface area contributed by atoms with Gasteiger partial charge in [0.05, 0.1) is 12.2 Å². The molecule has 0 fully saturated rings. The van der Waals surface area contributed by atoms with Crippen LogP contribution in [0.15, 0.2) is 48.5 Å². The largest absolute Gasteiger partial charge is 0.462 e. The summed E-state index contributed by atoms with van der Waals surface area (Å²) in [6, 6.07) is 14.4. The summed E-state index contributed by atoms with van der Waals surface area (Å²) in [6.07, 6.45) is 0.173. The maximum atomic E-state index is 13.7. The number of amides is 1. The van der Waals surface area contributed by atoms with Crippen molar-refractivity contribution in [1.82, 2.24) is 4.57 Å². The molecule has 0 saturated carbocycles. The maximum Gasteiger partial charge on any atom is 0.339 e. The summed E-state index contributed by atoms with van der Waals surface area (Å²) in [4.78, 5) is 24.9. The first-order chi connectivity index (χ1) is 14.8. The third kappa shape index (κ3) is 5.20. The van der Waals surface area contributed by atoms with Crippen LogP contribution in [0, 0.1) is 26.6 Å². The van der Waals surface area contributed by atoms with Gasteiger partial charge in [0.1, 0.15) is 5.82 Å². The number of esters is 1. The molecule has 0 atom stereocenters. The molecule has 162 valence electrons. The first kappa shape index (κ1) is 22.3. The highest BCUT2D eigenvalue weighted by Crippen LogP contribution is 2.27. The minimum Gasteiger partial charge on any atom is -0.462 e. The van der Waals surface area contributed by atoms with Crippen LogP contribution in [0.5, 0.6) is 0 Å². The molecule has 6 heteroatoms. The number of carbonyl (C=O) groups is 2. The van der Waals surface area contributed by atoms with E-state index in [2.05, 4.69) is 5.32 Å². The second-order valence-electron chi connectivity index (χ2n) is 7.53. The average molecular weight is 423 g/mol. The zero-order valence-corrected chi connectivity index (χ0v) is 18.3. The van der Waals surface area contributed by atoms with Crippen LogP contribution in [-0.2, 0) is 16.1 Å². The Kier molecular flexibility index (Phi) is 6.90. The van der Waals surface area contributed by atoms with E-state index in [-0.39, 0.29) is 24.1 Å². The number of halogens is 1. The van der Waals surface area contributed by atoms with Gasteiger partial charge < -0.3 is 14.6 Å². The summed E-state index contributed by atoms with van der Waals surface area (Å²) in [5, 5.41) is 2.73. The van der Waals surface area contributed by atoms with Gasteiger partial charge in [0.15, 0.2) is 0 Å². The van der Waals surface area contributed by atoms with Crippen LogP contribution in [0.3, 0.4) is 0 Å². The molecule has 3 rings (SSSR count). The molecule has 1 N–H and O–H groups in total. The fraction of sp³-hybridized carbons (Fsp3) is 0.280. The minimum atomic E-state index is -0.383. The molecule has 0 bridgehead atoms. The van der Waals surface area contributed by atoms with Gasteiger partial charge in [0.2, 0.25) is 5.91 Å². The molecule has 0 aliphatic rings. The molecule has 0 saturated heterocycles. The van der Waals surface area contributed by atoms with Crippen molar-refractivity contribution in [2.45, 2.75) is 40.7 Å². The van der Waals surface area contributed by atoms with Crippen molar-refractivity contribution >= 4 is 17.6 Å². The number of carbonyl (C=O) groups excluding carboxylic acids is 2. The Morgan fingerprint density at radius 2 is 1.74 bits per heavy atom. The van der Waals surface area contributed by atoms with Crippen LogP contribution in [0.25, 0.3) is 11.3 Å². The number of nitrogens with zero attached hydrogens (tertiary/aromatic N) is 1. The van der Waals surface area contributed by atoms with Crippen molar-refractivity contribution in [3.05, 3.63) is 76.7 Å². The van der Waals surface area contributed by atoms with Crippen molar-refractivity contribution in [2.75, 3.05) is 11.9 Å². The molecule has 0 spiro atoms. The SMILES string of the molecule is CCOC(=O)c1cc(-c2ccc(C)cc2)n(CCC(=O)Nc2ccc(C)c(F)c2)c1C. The lowest BCUT2D eigenvalue weighted by Gasteiger charge is -2.13. The van der Waals surface area contributed by atoms with Crippen LogP contribution < -0.4 is 5.32 Å². The molecule has 0 unspecified atom stereocenters. The summed E-state index contributed by atoms with van der Waals surface area (Å²) in [7, 11) is 0. The van der Waals surface area contributed by atoms with Crippen molar-refractivity contribution in [2.24, 2.45) is 0 Å². The molecule has 5 nitrogen and oxygen atoms in total. The Morgan fingerprint density at radius 1 is 1.03 bits per heavy atom. The molecule has 1 amide bonds. The van der Waals surface area contributed by atoms with E-state index < -0.39 is 0 Å². The maximum absolute atomic E-state index is 13.7. The van der Waals surface area contributed by atoms with E-state index in [1.807, 2.05) is 48.7 Å². The zero-order valence-electron chi connectivity index (χ0n) is 18.3. The topological polar surface area (TPSA) is 60.3 Å². The van der Waals surface area contributed by atoms with Crippen LogP contribution in [-0.4, -0.2) is 23.1 Å². The molecular formula is C25H27FN2O3. The predicted octanol–water partition coefficient (Wildman–Crippen LogP) is 5.42. The van der Waals surface area contributed by atoms with E-state index in [1.54, 1.807) is 26.0 Å². The summed E-state index contributed by atoms with van der Waals surface area (Å²) in [5.41, 5.74) is 5.09. The van der Waals surface area contributed by atoms with Crippen LogP contribution >= 0.6 is 0 Å². The predicted molar refractivity (Wildman–Crippen MR) is 120 cm³/mol. The number of aromatic nitrogens is 1. The first-order valence-corrected chi connectivity index (χ1v) is 10.3. The molecule has 0 aliphatic carbocycles. The number of benzene rings is 2. The molecular weight excluding hydrogens is 395 g/mol. The lowest BCUT2D eigenvalue weighted by molar-refractivity contribution is -0.116. The quantitative estimate of drug-likeness (QED) is 0.517. The van der Waals surface area contributed by atoms with Crippen LogP contribution in [0.2, 0.25) is 0 Å². The Balaban J connectivity index is 1.84. The van der Waals surface area contributed by atoms with Gasteiger partial charge in [-0.3, -0.25) is 4.79 Å². The fourth-order valence-corrected chi connectivity index (χ4v) is 3.42. The average Bonchev–Trinajstić information content (AvgIpc) is 3.06. The summed E-state index contributed by atoms with van der Waals surface area (Å²) >= 11 is 0. The molecule has 0 radical (unpaired) electrons. The van der Waals surface area contributed by atoms with E-state index >= 15 is 0 Å². The van der Waals surface area contributed by atoms with Crippen molar-refractivity contribution in [3.63, 3.8) is 0 Å². The van der Waals surface area contributed by atoms with Gasteiger partial charge in [-0.2, -0.15) is 0 Å². The van der Waals surface area contributed by atoms with Gasteiger partial charge in [-0.25, -0.2) is 9.18 Å². The molecule has 3 aromatic rings. The number of aryl methyl sites for hydroxylation is 2. The molecule has 1 aromatic heterocycles. The summed E-state index contributed by atoms with van der Waals surface area (Å²) in [5.74, 6) is -0.977. The highest BCUT2D eigenvalue weighted by Gasteiger charge is 2.20. The van der Waals surface area contributed by atoms with E-state index in [0.29, 0.717) is 30.0 Å². The van der Waals surface area contributed by atoms with Gasteiger partial charge in [-0.15, -0.1) is 0 Å². The van der Waals surface area contributed by atoms with Gasteiger partial charge in [0, 0.05) is 30.0 Å². The van der Waals surface area contributed by atoms with Crippen LogP contribution in [0.4, 0.5) is 10.1 Å². The fourth-order valence-electron chi connectivity index (χ4n) is 3.42. The van der Waals surface area contributed by atoms with E-state index in [0.717, 1.165) is 22.5 Å². The number of hydrogen-bond donors (Lipinski definition) is 1. The number of hydrogen-bond acceptors (Lipinski definition) is 3. The highest BCUT2D eigenvalue weighted by molar-refractivity contribution is 5.93. The lowest BCUT2D eigenvalue weighted by Crippen LogP contribution is -2.16. The van der Waals surface area contributed by atoms with Crippen LogP contribution in [0.1, 0.15) is 40.5 Å². The van der Waals surface area contributed by atoms with Gasteiger partial charge in [0.25, 0.3) is 0 Å². The number of nitrogens with one attached hydrogen (secondary N) is 1. The van der Waals surface area contributed by atoms with E-state index in [4.69, 9.17) is 4.74 Å². The third-order valence-electron chi connectivity index (χ3n) is 5.23. The summed E-state index contributed by atoms with van der Waals surface area (Å²) < 4.78 is 20.9. The van der Waals surface area contributed by atoms with Gasteiger partial charge in [-0.05, 0) is 57.0 Å². The molecule has 31 heavy (non-hydrogen) atoms. The van der Waals surface area contributed by atoms with Crippen molar-refractivity contribution in [1.29, 1.82) is 0 Å². The number of ether oxygens (including phenoxy) is 1. The third-order valence-corrected chi connectivity index (χ3v) is 5.23. The summed E-state index contributed by atoms with van der Waals surface area (Å²) in [6.45, 7) is 7.95. The molecule has 0 aliphatic heterocycles. The zero-order chi connectivity index (χ0) is 22.5. The van der Waals surface area contributed by atoms with Gasteiger partial charge in [-0.1, -0.05) is 35.9 Å². The van der Waals surface area contributed by atoms with E-state index in [9.17, 15) is 14.0 Å². The Hall–Kier alpha value is -3.41. The monoisotopic (exact) mass is 422 g/mol. The van der Waals surface area contributed by atoms with Crippen molar-refractivity contribution < 1.29 is 18.7 Å². The second kappa shape index (κ2) is 9.60.